The Morgan fingerprint density at radius 3 is 2.14 bits per heavy atom. The monoisotopic (exact) mass is 422 g/mol. The van der Waals surface area contributed by atoms with Crippen LogP contribution < -0.4 is 4.74 Å². The number of aryl methyl sites for hydroxylation is 1. The third-order valence-corrected chi connectivity index (χ3v) is 5.96. The van der Waals surface area contributed by atoms with Crippen LogP contribution in [0.4, 0.5) is 0 Å². The molecule has 1 aliphatic rings. The smallest absolute Gasteiger partial charge is 0.297 e. The number of benzene rings is 2. The molecule has 8 heteroatoms. The summed E-state index contributed by atoms with van der Waals surface area (Å²) in [6.07, 6.45) is 0. The van der Waals surface area contributed by atoms with Crippen molar-refractivity contribution in [1.82, 2.24) is 0 Å². The van der Waals surface area contributed by atoms with Gasteiger partial charge in [0.1, 0.15) is 24.6 Å². The minimum Gasteiger partial charge on any atom is -0.491 e. The molecule has 0 saturated carbocycles. The van der Waals surface area contributed by atoms with Gasteiger partial charge in [-0.1, -0.05) is 17.7 Å². The molecule has 1 aliphatic heterocycles. The van der Waals surface area contributed by atoms with E-state index in [1.165, 1.54) is 12.1 Å². The Labute approximate surface area is 171 Å². The molecule has 0 bridgehead atoms. The predicted molar refractivity (Wildman–Crippen MR) is 106 cm³/mol. The van der Waals surface area contributed by atoms with Crippen LogP contribution in [0.25, 0.3) is 0 Å². The van der Waals surface area contributed by atoms with E-state index in [1.54, 1.807) is 50.2 Å². The molecule has 7 nitrogen and oxygen atoms in total. The molecule has 0 spiro atoms. The van der Waals surface area contributed by atoms with Gasteiger partial charge in [-0.2, -0.15) is 8.42 Å². The highest BCUT2D eigenvalue weighted by molar-refractivity contribution is 7.86. The maximum atomic E-state index is 12.1. The lowest BCUT2D eigenvalue weighted by molar-refractivity contribution is -0.266. The van der Waals surface area contributed by atoms with Gasteiger partial charge in [-0.25, -0.2) is 0 Å². The minimum atomic E-state index is -3.81. The maximum absolute atomic E-state index is 12.1. The molecule has 1 heterocycles. The van der Waals surface area contributed by atoms with E-state index in [9.17, 15) is 13.5 Å². The summed E-state index contributed by atoms with van der Waals surface area (Å²) in [6.45, 7) is 5.89. The lowest BCUT2D eigenvalue weighted by Gasteiger charge is -2.38. The number of hydrogen-bond acceptors (Lipinski definition) is 7. The third kappa shape index (κ3) is 4.79. The van der Waals surface area contributed by atoms with Gasteiger partial charge in [0.15, 0.2) is 0 Å². The Bertz CT molecular complexity index is 907. The Morgan fingerprint density at radius 1 is 1.00 bits per heavy atom. The van der Waals surface area contributed by atoms with Crippen molar-refractivity contribution in [2.24, 2.45) is 0 Å². The van der Waals surface area contributed by atoms with Crippen LogP contribution in [0, 0.1) is 6.92 Å². The molecule has 0 radical (unpaired) electrons. The zero-order valence-corrected chi connectivity index (χ0v) is 17.6. The van der Waals surface area contributed by atoms with E-state index in [4.69, 9.17) is 18.4 Å². The Kier molecular flexibility index (Phi) is 6.30. The van der Waals surface area contributed by atoms with Crippen molar-refractivity contribution in [3.05, 3.63) is 59.7 Å². The third-order valence-electron chi connectivity index (χ3n) is 4.63. The van der Waals surface area contributed by atoms with Gasteiger partial charge in [0.25, 0.3) is 10.1 Å². The van der Waals surface area contributed by atoms with E-state index < -0.39 is 21.5 Å². The lowest BCUT2D eigenvalue weighted by Crippen LogP contribution is -2.48. The standard InChI is InChI=1S/C21H26O7S/c1-16-4-10-19(11-5-16)29(23,24)28-15-12-25-18-8-6-17(7-9-18)21(20(2,3)22)26-13-14-27-21/h4-11,22H,12-15H2,1-3H3. The zero-order valence-electron chi connectivity index (χ0n) is 16.8. The molecule has 1 fully saturated rings. The van der Waals surface area contributed by atoms with Gasteiger partial charge in [-0.05, 0) is 57.2 Å². The molecule has 0 unspecified atom stereocenters. The van der Waals surface area contributed by atoms with Crippen molar-refractivity contribution in [2.75, 3.05) is 26.4 Å². The second-order valence-corrected chi connectivity index (χ2v) is 8.95. The average molecular weight is 422 g/mol. The fourth-order valence-electron chi connectivity index (χ4n) is 3.13. The SMILES string of the molecule is Cc1ccc(S(=O)(=O)OCCOc2ccc(C3(C(C)(C)O)OCCO3)cc2)cc1. The molecule has 0 aromatic heterocycles. The van der Waals surface area contributed by atoms with Crippen molar-refractivity contribution < 1.29 is 31.9 Å². The normalized spacial score (nSPS) is 16.7. The Hall–Kier alpha value is -1.97. The van der Waals surface area contributed by atoms with Gasteiger partial charge in [-0.15, -0.1) is 0 Å². The predicted octanol–water partition coefficient (Wildman–Crippen LogP) is 2.75. The highest BCUT2D eigenvalue weighted by Gasteiger charge is 2.51. The molecule has 1 saturated heterocycles. The second kappa shape index (κ2) is 8.41. The first-order chi connectivity index (χ1) is 13.6. The lowest BCUT2D eigenvalue weighted by atomic mass is 9.90. The topological polar surface area (TPSA) is 91.3 Å². The Morgan fingerprint density at radius 2 is 1.59 bits per heavy atom. The molecule has 2 aromatic rings. The molecule has 29 heavy (non-hydrogen) atoms. The fraction of sp³-hybridized carbons (Fsp3) is 0.429. The summed E-state index contributed by atoms with van der Waals surface area (Å²) in [5.41, 5.74) is 0.410. The molecular weight excluding hydrogens is 396 g/mol. The number of hydrogen-bond donors (Lipinski definition) is 1. The molecule has 3 rings (SSSR count). The van der Waals surface area contributed by atoms with Gasteiger partial charge in [-0.3, -0.25) is 4.18 Å². The van der Waals surface area contributed by atoms with Gasteiger partial charge < -0.3 is 19.3 Å². The number of rotatable bonds is 8. The molecule has 0 aliphatic carbocycles. The first-order valence-corrected chi connectivity index (χ1v) is 10.7. The van der Waals surface area contributed by atoms with Gasteiger partial charge >= 0.3 is 0 Å². The average Bonchev–Trinajstić information content (AvgIpc) is 3.17. The van der Waals surface area contributed by atoms with Crippen LogP contribution in [0.2, 0.25) is 0 Å². The van der Waals surface area contributed by atoms with E-state index in [0.29, 0.717) is 24.5 Å². The van der Waals surface area contributed by atoms with Crippen LogP contribution in [-0.4, -0.2) is 45.6 Å². The summed E-state index contributed by atoms with van der Waals surface area (Å²) >= 11 is 0. The quantitative estimate of drug-likeness (QED) is 0.517. The van der Waals surface area contributed by atoms with Crippen LogP contribution in [0.1, 0.15) is 25.0 Å². The van der Waals surface area contributed by atoms with Crippen molar-refractivity contribution in [1.29, 1.82) is 0 Å². The maximum Gasteiger partial charge on any atom is 0.297 e. The second-order valence-electron chi connectivity index (χ2n) is 7.33. The van der Waals surface area contributed by atoms with Gasteiger partial charge in [0, 0.05) is 5.56 Å². The van der Waals surface area contributed by atoms with E-state index in [2.05, 4.69) is 0 Å². The van der Waals surface area contributed by atoms with Crippen LogP contribution in [0.5, 0.6) is 5.75 Å². The molecule has 0 atom stereocenters. The zero-order chi connectivity index (χ0) is 21.1. The summed E-state index contributed by atoms with van der Waals surface area (Å²) < 4.78 is 46.3. The van der Waals surface area contributed by atoms with Gasteiger partial charge in [0.2, 0.25) is 5.79 Å². The summed E-state index contributed by atoms with van der Waals surface area (Å²) in [6, 6.07) is 13.4. The molecule has 1 N–H and O–H groups in total. The van der Waals surface area contributed by atoms with Crippen molar-refractivity contribution in [3.8, 4) is 5.75 Å². The van der Waals surface area contributed by atoms with Crippen molar-refractivity contribution >= 4 is 10.1 Å². The van der Waals surface area contributed by atoms with E-state index in [-0.39, 0.29) is 18.1 Å². The van der Waals surface area contributed by atoms with E-state index in [0.717, 1.165) is 5.56 Å². The Balaban J connectivity index is 1.56. The molecule has 2 aromatic carbocycles. The molecule has 0 amide bonds. The van der Waals surface area contributed by atoms with Crippen molar-refractivity contribution in [3.63, 3.8) is 0 Å². The summed E-state index contributed by atoms with van der Waals surface area (Å²) in [5.74, 6) is -0.689. The van der Waals surface area contributed by atoms with Crippen LogP contribution in [-0.2, 0) is 29.6 Å². The fourth-order valence-corrected chi connectivity index (χ4v) is 4.03. The first kappa shape index (κ1) is 21.7. The van der Waals surface area contributed by atoms with E-state index in [1.807, 2.05) is 6.92 Å². The van der Waals surface area contributed by atoms with Crippen LogP contribution >= 0.6 is 0 Å². The van der Waals surface area contributed by atoms with E-state index >= 15 is 0 Å². The number of aliphatic hydroxyl groups is 1. The molecule has 158 valence electrons. The van der Waals surface area contributed by atoms with Crippen LogP contribution in [0.15, 0.2) is 53.4 Å². The van der Waals surface area contributed by atoms with Crippen LogP contribution in [0.3, 0.4) is 0 Å². The number of ether oxygens (including phenoxy) is 3. The van der Waals surface area contributed by atoms with Gasteiger partial charge in [0.05, 0.1) is 18.1 Å². The highest BCUT2D eigenvalue weighted by Crippen LogP contribution is 2.41. The molecular formula is C21H26O7S. The largest absolute Gasteiger partial charge is 0.491 e. The minimum absolute atomic E-state index is 0.0636. The summed E-state index contributed by atoms with van der Waals surface area (Å²) in [4.78, 5) is 0.112. The van der Waals surface area contributed by atoms with Crippen molar-refractivity contribution in [2.45, 2.75) is 37.1 Å². The summed E-state index contributed by atoms with van der Waals surface area (Å²) in [7, 11) is -3.81. The summed E-state index contributed by atoms with van der Waals surface area (Å²) in [5, 5.41) is 10.5. The highest BCUT2D eigenvalue weighted by atomic mass is 32.2. The first-order valence-electron chi connectivity index (χ1n) is 9.34.